The molecule has 1 N–H and O–H groups in total. The summed E-state index contributed by atoms with van der Waals surface area (Å²) < 4.78 is 5.46. The standard InChI is InChI=1S/C15H32N2O/c1-7-18-10-8-9-17-12-15(5,6)16-11-13(17)14(2,3)4/h13,16H,7-12H2,1-6H3. The molecular formula is C15H32N2O. The highest BCUT2D eigenvalue weighted by atomic mass is 16.5. The first kappa shape index (κ1) is 15.9. The largest absolute Gasteiger partial charge is 0.382 e. The lowest BCUT2D eigenvalue weighted by molar-refractivity contribution is 0.0252. The van der Waals surface area contributed by atoms with Crippen molar-refractivity contribution in [3.63, 3.8) is 0 Å². The van der Waals surface area contributed by atoms with E-state index in [1.165, 1.54) is 0 Å². The van der Waals surface area contributed by atoms with Gasteiger partial charge in [0.25, 0.3) is 0 Å². The molecule has 0 bridgehead atoms. The minimum Gasteiger partial charge on any atom is -0.382 e. The van der Waals surface area contributed by atoms with E-state index in [2.05, 4.69) is 51.8 Å². The Kier molecular flexibility index (Phi) is 5.63. The van der Waals surface area contributed by atoms with E-state index >= 15 is 0 Å². The van der Waals surface area contributed by atoms with Crippen molar-refractivity contribution in [1.29, 1.82) is 0 Å². The first-order chi connectivity index (χ1) is 8.26. The summed E-state index contributed by atoms with van der Waals surface area (Å²) in [6.07, 6.45) is 1.14. The van der Waals surface area contributed by atoms with Gasteiger partial charge in [0.15, 0.2) is 0 Å². The second kappa shape index (κ2) is 6.36. The summed E-state index contributed by atoms with van der Waals surface area (Å²) in [5.74, 6) is 0. The highest BCUT2D eigenvalue weighted by Gasteiger charge is 2.37. The summed E-state index contributed by atoms with van der Waals surface area (Å²) in [6, 6.07) is 0.618. The average Bonchev–Trinajstić information content (AvgIpc) is 2.21. The van der Waals surface area contributed by atoms with Crippen LogP contribution in [0.3, 0.4) is 0 Å². The van der Waals surface area contributed by atoms with Crippen LogP contribution in [-0.2, 0) is 4.74 Å². The maximum absolute atomic E-state index is 5.46. The fourth-order valence-electron chi connectivity index (χ4n) is 2.78. The monoisotopic (exact) mass is 256 g/mol. The molecule has 1 aliphatic heterocycles. The van der Waals surface area contributed by atoms with Gasteiger partial charge in [0.1, 0.15) is 0 Å². The molecule has 0 spiro atoms. The van der Waals surface area contributed by atoms with Crippen molar-refractivity contribution in [2.75, 3.05) is 32.8 Å². The van der Waals surface area contributed by atoms with Crippen LogP contribution in [0.5, 0.6) is 0 Å². The van der Waals surface area contributed by atoms with Gasteiger partial charge < -0.3 is 10.1 Å². The van der Waals surface area contributed by atoms with E-state index in [-0.39, 0.29) is 5.54 Å². The molecule has 0 saturated carbocycles. The molecule has 1 saturated heterocycles. The smallest absolute Gasteiger partial charge is 0.0478 e. The molecule has 1 heterocycles. The first-order valence-corrected chi connectivity index (χ1v) is 7.33. The molecule has 0 amide bonds. The van der Waals surface area contributed by atoms with Crippen LogP contribution in [0.2, 0.25) is 0 Å². The van der Waals surface area contributed by atoms with Crippen molar-refractivity contribution in [3.05, 3.63) is 0 Å². The van der Waals surface area contributed by atoms with Gasteiger partial charge in [-0.1, -0.05) is 20.8 Å². The minimum absolute atomic E-state index is 0.230. The third kappa shape index (κ3) is 4.87. The van der Waals surface area contributed by atoms with E-state index in [1.54, 1.807) is 0 Å². The maximum atomic E-state index is 5.46. The predicted octanol–water partition coefficient (Wildman–Crippen LogP) is 2.51. The summed E-state index contributed by atoms with van der Waals surface area (Å²) in [5, 5.41) is 3.67. The van der Waals surface area contributed by atoms with Crippen LogP contribution in [0.1, 0.15) is 48.0 Å². The molecule has 18 heavy (non-hydrogen) atoms. The van der Waals surface area contributed by atoms with Gasteiger partial charge >= 0.3 is 0 Å². The molecule has 0 aromatic rings. The predicted molar refractivity (Wildman–Crippen MR) is 78.0 cm³/mol. The summed E-state index contributed by atoms with van der Waals surface area (Å²) in [5.41, 5.74) is 0.558. The molecular weight excluding hydrogens is 224 g/mol. The molecule has 1 rings (SSSR count). The number of hydrogen-bond acceptors (Lipinski definition) is 3. The van der Waals surface area contributed by atoms with Gasteiger partial charge in [0.05, 0.1) is 0 Å². The second-order valence-corrected chi connectivity index (χ2v) is 7.17. The molecule has 3 nitrogen and oxygen atoms in total. The van der Waals surface area contributed by atoms with Crippen LogP contribution in [0.15, 0.2) is 0 Å². The molecule has 1 aliphatic rings. The van der Waals surface area contributed by atoms with Crippen LogP contribution >= 0.6 is 0 Å². The Hall–Kier alpha value is -0.120. The number of ether oxygens (including phenoxy) is 1. The van der Waals surface area contributed by atoms with Crippen molar-refractivity contribution in [3.8, 4) is 0 Å². The SMILES string of the molecule is CCOCCCN1CC(C)(C)NCC1C(C)(C)C. The van der Waals surface area contributed by atoms with E-state index in [1.807, 2.05) is 0 Å². The second-order valence-electron chi connectivity index (χ2n) is 7.17. The van der Waals surface area contributed by atoms with Gasteiger partial charge in [-0.3, -0.25) is 4.90 Å². The quantitative estimate of drug-likeness (QED) is 0.765. The zero-order valence-electron chi connectivity index (χ0n) is 13.2. The van der Waals surface area contributed by atoms with Gasteiger partial charge in [-0.15, -0.1) is 0 Å². The van der Waals surface area contributed by atoms with E-state index in [4.69, 9.17) is 4.74 Å². The van der Waals surface area contributed by atoms with Gasteiger partial charge in [-0.25, -0.2) is 0 Å². The third-order valence-corrected chi connectivity index (χ3v) is 3.75. The molecule has 1 fully saturated rings. The maximum Gasteiger partial charge on any atom is 0.0478 e. The summed E-state index contributed by atoms with van der Waals surface area (Å²) >= 11 is 0. The van der Waals surface area contributed by atoms with Gasteiger partial charge in [-0.05, 0) is 32.6 Å². The van der Waals surface area contributed by atoms with Crippen LogP contribution < -0.4 is 5.32 Å². The number of nitrogens with zero attached hydrogens (tertiary/aromatic N) is 1. The Morgan fingerprint density at radius 3 is 2.56 bits per heavy atom. The number of rotatable bonds is 5. The molecule has 0 aliphatic carbocycles. The first-order valence-electron chi connectivity index (χ1n) is 7.33. The van der Waals surface area contributed by atoms with E-state index in [9.17, 15) is 0 Å². The molecule has 0 radical (unpaired) electrons. The fraction of sp³-hybridized carbons (Fsp3) is 1.00. The van der Waals surface area contributed by atoms with E-state index < -0.39 is 0 Å². The zero-order chi connectivity index (χ0) is 13.8. The topological polar surface area (TPSA) is 24.5 Å². The highest BCUT2D eigenvalue weighted by Crippen LogP contribution is 2.28. The van der Waals surface area contributed by atoms with Crippen molar-refractivity contribution in [1.82, 2.24) is 10.2 Å². The Morgan fingerprint density at radius 2 is 2.00 bits per heavy atom. The van der Waals surface area contributed by atoms with Crippen LogP contribution in [0, 0.1) is 5.41 Å². The van der Waals surface area contributed by atoms with E-state index in [0.717, 1.165) is 39.3 Å². The molecule has 1 unspecified atom stereocenters. The zero-order valence-corrected chi connectivity index (χ0v) is 13.2. The number of nitrogens with one attached hydrogen (secondary N) is 1. The van der Waals surface area contributed by atoms with Gasteiger partial charge in [0.2, 0.25) is 0 Å². The Bertz CT molecular complexity index is 245. The number of hydrogen-bond donors (Lipinski definition) is 1. The van der Waals surface area contributed by atoms with Crippen molar-refractivity contribution < 1.29 is 4.74 Å². The Morgan fingerprint density at radius 1 is 1.33 bits per heavy atom. The summed E-state index contributed by atoms with van der Waals surface area (Å²) in [7, 11) is 0. The van der Waals surface area contributed by atoms with Crippen LogP contribution in [0.4, 0.5) is 0 Å². The van der Waals surface area contributed by atoms with Crippen molar-refractivity contribution in [2.24, 2.45) is 5.41 Å². The minimum atomic E-state index is 0.230. The normalized spacial score (nSPS) is 25.3. The van der Waals surface area contributed by atoms with Gasteiger partial charge in [0, 0.05) is 44.4 Å². The highest BCUT2D eigenvalue weighted by molar-refractivity contribution is 4.96. The van der Waals surface area contributed by atoms with Crippen LogP contribution in [0.25, 0.3) is 0 Å². The molecule has 0 aromatic heterocycles. The lowest BCUT2D eigenvalue weighted by Crippen LogP contribution is -2.64. The molecule has 108 valence electrons. The lowest BCUT2D eigenvalue weighted by Gasteiger charge is -2.49. The lowest BCUT2D eigenvalue weighted by atomic mass is 9.82. The summed E-state index contributed by atoms with van der Waals surface area (Å²) in [6.45, 7) is 18.7. The van der Waals surface area contributed by atoms with E-state index in [0.29, 0.717) is 11.5 Å². The third-order valence-electron chi connectivity index (χ3n) is 3.75. The summed E-state index contributed by atoms with van der Waals surface area (Å²) in [4.78, 5) is 2.65. The Labute approximate surface area is 113 Å². The Balaban J connectivity index is 2.55. The van der Waals surface area contributed by atoms with Crippen LogP contribution in [-0.4, -0.2) is 49.3 Å². The van der Waals surface area contributed by atoms with Crippen molar-refractivity contribution in [2.45, 2.75) is 59.5 Å². The average molecular weight is 256 g/mol. The molecule has 0 aromatic carbocycles. The fourth-order valence-corrected chi connectivity index (χ4v) is 2.78. The van der Waals surface area contributed by atoms with Crippen molar-refractivity contribution >= 4 is 0 Å². The molecule has 3 heteroatoms. The van der Waals surface area contributed by atoms with Gasteiger partial charge in [-0.2, -0.15) is 0 Å². The number of piperazine rings is 1. The molecule has 1 atom stereocenters.